The molecule has 0 heterocycles. The molecule has 0 spiro atoms. The summed E-state index contributed by atoms with van der Waals surface area (Å²) < 4.78 is 0.223. The summed E-state index contributed by atoms with van der Waals surface area (Å²) in [5, 5.41) is 39.0. The van der Waals surface area contributed by atoms with Crippen molar-refractivity contribution in [2.45, 2.75) is 18.6 Å². The van der Waals surface area contributed by atoms with E-state index in [1.54, 1.807) is 21.1 Å². The predicted molar refractivity (Wildman–Crippen MR) is 55.7 cm³/mol. The Labute approximate surface area is 99.5 Å². The lowest BCUT2D eigenvalue weighted by atomic mass is 9.84. The lowest BCUT2D eigenvalue weighted by Crippen LogP contribution is -2.59. The summed E-state index contributed by atoms with van der Waals surface area (Å²) >= 11 is 0. The Kier molecular flexibility index (Phi) is 4.64. The minimum Gasteiger partial charge on any atom is -0.550 e. The Morgan fingerprint density at radius 3 is 2.00 bits per heavy atom. The second-order valence-corrected chi connectivity index (χ2v) is 5.29. The molecule has 17 heavy (non-hydrogen) atoms. The number of quaternary nitrogens is 1. The summed E-state index contributed by atoms with van der Waals surface area (Å²) in [4.78, 5) is 21.7. The second kappa shape index (κ2) is 4.99. The van der Waals surface area contributed by atoms with Crippen LogP contribution in [0.15, 0.2) is 0 Å². The summed E-state index contributed by atoms with van der Waals surface area (Å²) in [6, 6.07) is 0. The van der Waals surface area contributed by atoms with E-state index in [9.17, 15) is 24.9 Å². The van der Waals surface area contributed by atoms with Crippen molar-refractivity contribution in [1.82, 2.24) is 0 Å². The molecular formula is C10H19NO6. The molecule has 0 radical (unpaired) electrons. The zero-order valence-corrected chi connectivity index (χ0v) is 10.4. The van der Waals surface area contributed by atoms with Crippen LogP contribution in [-0.4, -0.2) is 71.1 Å². The molecule has 3 atom stereocenters. The molecule has 0 saturated heterocycles. The van der Waals surface area contributed by atoms with Gasteiger partial charge in [0.15, 0.2) is 5.60 Å². The maximum atomic E-state index is 10.9. The van der Waals surface area contributed by atoms with Gasteiger partial charge in [-0.2, -0.15) is 0 Å². The molecule has 0 fully saturated rings. The number of rotatable bonds is 6. The Bertz CT molecular complexity index is 306. The monoisotopic (exact) mass is 249 g/mol. The molecule has 0 aliphatic heterocycles. The van der Waals surface area contributed by atoms with Crippen LogP contribution in [0.25, 0.3) is 0 Å². The first-order valence-corrected chi connectivity index (χ1v) is 5.04. The van der Waals surface area contributed by atoms with Crippen LogP contribution in [0, 0.1) is 5.92 Å². The van der Waals surface area contributed by atoms with Gasteiger partial charge < -0.3 is 29.7 Å². The fraction of sp³-hybridized carbons (Fsp3) is 0.800. The summed E-state index contributed by atoms with van der Waals surface area (Å²) in [5.41, 5.74) is -2.58. The van der Waals surface area contributed by atoms with Gasteiger partial charge in [0, 0.05) is 0 Å². The lowest BCUT2D eigenvalue weighted by molar-refractivity contribution is -0.874. The minimum absolute atomic E-state index is 0.0257. The van der Waals surface area contributed by atoms with E-state index >= 15 is 0 Å². The maximum absolute atomic E-state index is 10.9. The molecule has 3 unspecified atom stereocenters. The molecule has 0 amide bonds. The van der Waals surface area contributed by atoms with Crippen LogP contribution in [0.3, 0.4) is 0 Å². The van der Waals surface area contributed by atoms with Crippen molar-refractivity contribution < 1.29 is 34.5 Å². The first-order chi connectivity index (χ1) is 7.39. The van der Waals surface area contributed by atoms with Crippen molar-refractivity contribution in [3.8, 4) is 0 Å². The molecule has 7 heteroatoms. The summed E-state index contributed by atoms with van der Waals surface area (Å²) in [6.07, 6.45) is -1.52. The van der Waals surface area contributed by atoms with E-state index in [4.69, 9.17) is 5.11 Å². The molecule has 100 valence electrons. The van der Waals surface area contributed by atoms with Crippen molar-refractivity contribution in [2.75, 3.05) is 27.7 Å². The SMILES string of the molecule is CC(O)(C(=O)O)C(C(=O)[O-])C(O)C[N+](C)(C)C. The van der Waals surface area contributed by atoms with E-state index in [1.165, 1.54) is 0 Å². The number of aliphatic hydroxyl groups excluding tert-OH is 1. The number of hydrogen-bond acceptors (Lipinski definition) is 5. The van der Waals surface area contributed by atoms with Gasteiger partial charge in [0.05, 0.1) is 33.0 Å². The minimum atomic E-state index is -2.58. The van der Waals surface area contributed by atoms with Crippen LogP contribution in [-0.2, 0) is 9.59 Å². The van der Waals surface area contributed by atoms with Gasteiger partial charge in [-0.05, 0) is 6.92 Å². The molecule has 0 aromatic carbocycles. The van der Waals surface area contributed by atoms with Crippen LogP contribution in [0.5, 0.6) is 0 Å². The van der Waals surface area contributed by atoms with E-state index in [2.05, 4.69) is 0 Å². The number of likely N-dealkylation sites (N-methyl/N-ethyl adjacent to an activating group) is 1. The Morgan fingerprint density at radius 1 is 1.35 bits per heavy atom. The highest BCUT2D eigenvalue weighted by molar-refractivity contribution is 5.84. The maximum Gasteiger partial charge on any atom is 0.336 e. The Hall–Kier alpha value is -1.18. The van der Waals surface area contributed by atoms with E-state index < -0.39 is 29.6 Å². The first-order valence-electron chi connectivity index (χ1n) is 5.04. The molecule has 0 aromatic rings. The zero-order chi connectivity index (χ0) is 14.0. The van der Waals surface area contributed by atoms with Gasteiger partial charge in [0.25, 0.3) is 0 Å². The molecular weight excluding hydrogens is 230 g/mol. The van der Waals surface area contributed by atoms with Crippen molar-refractivity contribution in [3.05, 3.63) is 0 Å². The van der Waals surface area contributed by atoms with E-state index in [1.807, 2.05) is 0 Å². The fourth-order valence-corrected chi connectivity index (χ4v) is 1.56. The van der Waals surface area contributed by atoms with Gasteiger partial charge in [0.1, 0.15) is 12.6 Å². The molecule has 0 bridgehead atoms. The predicted octanol–water partition coefficient (Wildman–Crippen LogP) is -2.74. The van der Waals surface area contributed by atoms with Crippen LogP contribution in [0.1, 0.15) is 6.92 Å². The van der Waals surface area contributed by atoms with E-state index in [-0.39, 0.29) is 11.0 Å². The van der Waals surface area contributed by atoms with Gasteiger partial charge in [0.2, 0.25) is 0 Å². The molecule has 0 saturated carbocycles. The Balaban J connectivity index is 5.13. The third kappa shape index (κ3) is 4.29. The van der Waals surface area contributed by atoms with Gasteiger partial charge >= 0.3 is 5.97 Å². The third-order valence-corrected chi connectivity index (χ3v) is 2.41. The number of carbonyl (C=O) groups excluding carboxylic acids is 1. The normalized spacial score (nSPS) is 19.2. The van der Waals surface area contributed by atoms with E-state index in [0.29, 0.717) is 0 Å². The van der Waals surface area contributed by atoms with Crippen molar-refractivity contribution >= 4 is 11.9 Å². The number of carboxylic acid groups (broad SMARTS) is 2. The average molecular weight is 249 g/mol. The summed E-state index contributed by atoms with van der Waals surface area (Å²) in [6.45, 7) is 0.802. The lowest BCUT2D eigenvalue weighted by Gasteiger charge is -2.36. The van der Waals surface area contributed by atoms with Gasteiger partial charge in [-0.1, -0.05) is 0 Å². The summed E-state index contributed by atoms with van der Waals surface area (Å²) in [5.74, 6) is -5.40. The van der Waals surface area contributed by atoms with Crippen molar-refractivity contribution in [3.63, 3.8) is 0 Å². The highest BCUT2D eigenvalue weighted by atomic mass is 16.4. The second-order valence-electron chi connectivity index (χ2n) is 5.29. The standard InChI is InChI=1S/C10H19NO6/c1-10(17,9(15)16)7(8(13)14)6(12)5-11(2,3)4/h6-7,12,17H,5H2,1-4H3,(H-,13,14,15,16). The van der Waals surface area contributed by atoms with Crippen LogP contribution >= 0.6 is 0 Å². The highest BCUT2D eigenvalue weighted by Crippen LogP contribution is 2.22. The smallest absolute Gasteiger partial charge is 0.336 e. The number of hydrogen-bond donors (Lipinski definition) is 3. The molecule has 0 aliphatic carbocycles. The molecule has 0 rings (SSSR count). The Morgan fingerprint density at radius 2 is 1.76 bits per heavy atom. The first kappa shape index (κ1) is 15.8. The largest absolute Gasteiger partial charge is 0.550 e. The molecule has 0 aromatic heterocycles. The fourth-order valence-electron chi connectivity index (χ4n) is 1.56. The van der Waals surface area contributed by atoms with E-state index in [0.717, 1.165) is 6.92 Å². The van der Waals surface area contributed by atoms with Crippen LogP contribution in [0.2, 0.25) is 0 Å². The number of carbonyl (C=O) groups is 2. The molecule has 3 N–H and O–H groups in total. The third-order valence-electron chi connectivity index (χ3n) is 2.41. The molecule has 0 aliphatic rings. The van der Waals surface area contributed by atoms with Gasteiger partial charge in [-0.3, -0.25) is 0 Å². The highest BCUT2D eigenvalue weighted by Gasteiger charge is 2.45. The average Bonchev–Trinajstić information content (AvgIpc) is 1.97. The quantitative estimate of drug-likeness (QED) is 0.439. The van der Waals surface area contributed by atoms with Gasteiger partial charge in [-0.25, -0.2) is 4.79 Å². The van der Waals surface area contributed by atoms with Crippen LogP contribution in [0.4, 0.5) is 0 Å². The molecule has 7 nitrogen and oxygen atoms in total. The zero-order valence-electron chi connectivity index (χ0n) is 10.4. The number of aliphatic carboxylic acids is 2. The number of aliphatic hydroxyl groups is 2. The van der Waals surface area contributed by atoms with Crippen LogP contribution < -0.4 is 5.11 Å². The van der Waals surface area contributed by atoms with Crippen molar-refractivity contribution in [2.24, 2.45) is 5.92 Å². The topological polar surface area (TPSA) is 118 Å². The van der Waals surface area contributed by atoms with Crippen molar-refractivity contribution in [1.29, 1.82) is 0 Å². The summed E-state index contributed by atoms with van der Waals surface area (Å²) in [7, 11) is 5.10. The van der Waals surface area contributed by atoms with Gasteiger partial charge in [-0.15, -0.1) is 0 Å². The number of nitrogens with zero attached hydrogens (tertiary/aromatic N) is 1. The number of carboxylic acids is 2.